The Morgan fingerprint density at radius 2 is 1.92 bits per heavy atom. The van der Waals surface area contributed by atoms with Gasteiger partial charge in [0.1, 0.15) is 0 Å². The normalized spacial score (nSPS) is 16.2. The van der Waals surface area contributed by atoms with Crippen LogP contribution >= 0.6 is 11.8 Å². The largest absolute Gasteiger partial charge is 0.335 e. The number of nitrogens with zero attached hydrogens (tertiary/aromatic N) is 1. The standard InChI is InChI=1S/C20H25N3O2S/c1-13-12-18(22-17-11-7-6-10-16(13)17)26-14(2)19(24)23-20(25)21-15-8-4-3-5-9-15/h6-7,10-12,14-15H,3-5,8-9H2,1-2H3,(H2,21,23,24,25). The van der Waals surface area contributed by atoms with Gasteiger partial charge < -0.3 is 5.32 Å². The first-order chi connectivity index (χ1) is 12.5. The number of aryl methyl sites for hydroxylation is 1. The summed E-state index contributed by atoms with van der Waals surface area (Å²) in [5.74, 6) is -0.295. The predicted octanol–water partition coefficient (Wildman–Crippen LogP) is 4.18. The van der Waals surface area contributed by atoms with Gasteiger partial charge in [-0.3, -0.25) is 10.1 Å². The Balaban J connectivity index is 1.57. The van der Waals surface area contributed by atoms with Crippen LogP contribution < -0.4 is 10.6 Å². The molecular formula is C20H25N3O2S. The fourth-order valence-electron chi connectivity index (χ4n) is 3.30. The van der Waals surface area contributed by atoms with Crippen LogP contribution in [0, 0.1) is 6.92 Å². The number of para-hydroxylation sites is 1. The molecule has 0 bridgehead atoms. The molecule has 1 saturated carbocycles. The maximum absolute atomic E-state index is 12.3. The molecule has 1 aromatic heterocycles. The maximum Gasteiger partial charge on any atom is 0.321 e. The second-order valence-electron chi connectivity index (χ2n) is 6.85. The summed E-state index contributed by atoms with van der Waals surface area (Å²) in [6.45, 7) is 3.83. The van der Waals surface area contributed by atoms with Crippen molar-refractivity contribution in [1.82, 2.24) is 15.6 Å². The van der Waals surface area contributed by atoms with Gasteiger partial charge in [0.05, 0.1) is 15.8 Å². The van der Waals surface area contributed by atoms with Crippen molar-refractivity contribution < 1.29 is 9.59 Å². The van der Waals surface area contributed by atoms with Crippen molar-refractivity contribution in [3.63, 3.8) is 0 Å². The molecule has 0 saturated heterocycles. The van der Waals surface area contributed by atoms with Gasteiger partial charge in [0.2, 0.25) is 5.91 Å². The number of hydrogen-bond acceptors (Lipinski definition) is 4. The quantitative estimate of drug-likeness (QED) is 0.791. The molecule has 1 aromatic carbocycles. The smallest absolute Gasteiger partial charge is 0.321 e. The Bertz CT molecular complexity index is 803. The van der Waals surface area contributed by atoms with Crippen molar-refractivity contribution in [2.45, 2.75) is 62.3 Å². The molecule has 138 valence electrons. The lowest BCUT2D eigenvalue weighted by atomic mass is 9.96. The number of imide groups is 1. The van der Waals surface area contributed by atoms with Crippen LogP contribution in [0.4, 0.5) is 4.79 Å². The molecular weight excluding hydrogens is 346 g/mol. The minimum absolute atomic E-state index is 0.185. The van der Waals surface area contributed by atoms with E-state index in [-0.39, 0.29) is 11.9 Å². The van der Waals surface area contributed by atoms with E-state index in [9.17, 15) is 9.59 Å². The summed E-state index contributed by atoms with van der Waals surface area (Å²) in [4.78, 5) is 29.0. The molecule has 3 rings (SSSR count). The topological polar surface area (TPSA) is 71.1 Å². The summed E-state index contributed by atoms with van der Waals surface area (Å²) >= 11 is 1.37. The number of thioether (sulfide) groups is 1. The molecule has 2 aromatic rings. The molecule has 6 heteroatoms. The van der Waals surface area contributed by atoms with Gasteiger partial charge in [-0.2, -0.15) is 0 Å². The van der Waals surface area contributed by atoms with Gasteiger partial charge in [-0.1, -0.05) is 49.2 Å². The first-order valence-corrected chi connectivity index (χ1v) is 10.1. The Labute approximate surface area is 158 Å². The van der Waals surface area contributed by atoms with Gasteiger partial charge in [0.25, 0.3) is 0 Å². The van der Waals surface area contributed by atoms with Crippen molar-refractivity contribution in [3.8, 4) is 0 Å². The maximum atomic E-state index is 12.3. The van der Waals surface area contributed by atoms with Crippen LogP contribution in [0.15, 0.2) is 35.4 Å². The number of aromatic nitrogens is 1. The zero-order valence-electron chi connectivity index (χ0n) is 15.2. The monoisotopic (exact) mass is 371 g/mol. The van der Waals surface area contributed by atoms with E-state index in [4.69, 9.17) is 0 Å². The summed E-state index contributed by atoms with van der Waals surface area (Å²) in [5.41, 5.74) is 2.04. The lowest BCUT2D eigenvalue weighted by Gasteiger charge is -2.23. The minimum atomic E-state index is -0.403. The van der Waals surface area contributed by atoms with Crippen molar-refractivity contribution >= 4 is 34.6 Å². The summed E-state index contributed by atoms with van der Waals surface area (Å²) in [6, 6.07) is 9.73. The molecule has 5 nitrogen and oxygen atoms in total. The van der Waals surface area contributed by atoms with Gasteiger partial charge in [-0.25, -0.2) is 9.78 Å². The van der Waals surface area contributed by atoms with E-state index in [1.807, 2.05) is 37.3 Å². The number of carbonyl (C=O) groups is 2. The third kappa shape index (κ3) is 4.75. The van der Waals surface area contributed by atoms with Crippen molar-refractivity contribution in [2.75, 3.05) is 0 Å². The molecule has 1 heterocycles. The van der Waals surface area contributed by atoms with Crippen LogP contribution in [0.1, 0.15) is 44.6 Å². The first kappa shape index (κ1) is 18.7. The summed E-state index contributed by atoms with van der Waals surface area (Å²) in [7, 11) is 0. The number of benzene rings is 1. The molecule has 3 amide bonds. The van der Waals surface area contributed by atoms with Gasteiger partial charge in [0.15, 0.2) is 0 Å². The average molecular weight is 372 g/mol. The van der Waals surface area contributed by atoms with E-state index in [1.54, 1.807) is 6.92 Å². The lowest BCUT2D eigenvalue weighted by molar-refractivity contribution is -0.119. The molecule has 0 aliphatic heterocycles. The van der Waals surface area contributed by atoms with E-state index >= 15 is 0 Å². The SMILES string of the molecule is Cc1cc(SC(C)C(=O)NC(=O)NC2CCCCC2)nc2ccccc12. The van der Waals surface area contributed by atoms with Crippen LogP contribution in [-0.2, 0) is 4.79 Å². The highest BCUT2D eigenvalue weighted by Gasteiger charge is 2.21. The Morgan fingerprint density at radius 1 is 1.19 bits per heavy atom. The molecule has 1 aliphatic carbocycles. The minimum Gasteiger partial charge on any atom is -0.335 e. The molecule has 1 fully saturated rings. The van der Waals surface area contributed by atoms with Gasteiger partial charge in [0, 0.05) is 11.4 Å². The van der Waals surface area contributed by atoms with E-state index < -0.39 is 11.3 Å². The van der Waals surface area contributed by atoms with E-state index in [2.05, 4.69) is 15.6 Å². The van der Waals surface area contributed by atoms with Crippen LogP contribution in [-0.4, -0.2) is 28.2 Å². The van der Waals surface area contributed by atoms with E-state index in [0.29, 0.717) is 0 Å². The van der Waals surface area contributed by atoms with Crippen molar-refractivity contribution in [3.05, 3.63) is 35.9 Å². The second kappa shape index (κ2) is 8.54. The van der Waals surface area contributed by atoms with Crippen molar-refractivity contribution in [1.29, 1.82) is 0 Å². The number of rotatable bonds is 4. The predicted molar refractivity (Wildman–Crippen MR) is 105 cm³/mol. The number of hydrogen-bond donors (Lipinski definition) is 2. The zero-order valence-corrected chi connectivity index (χ0v) is 16.1. The molecule has 26 heavy (non-hydrogen) atoms. The highest BCUT2D eigenvalue weighted by molar-refractivity contribution is 8.00. The molecule has 0 spiro atoms. The second-order valence-corrected chi connectivity index (χ2v) is 8.21. The number of carbonyl (C=O) groups excluding carboxylic acids is 2. The van der Waals surface area contributed by atoms with Crippen LogP contribution in [0.25, 0.3) is 10.9 Å². The highest BCUT2D eigenvalue weighted by atomic mass is 32.2. The lowest BCUT2D eigenvalue weighted by Crippen LogP contribution is -2.47. The number of urea groups is 1. The molecule has 2 N–H and O–H groups in total. The van der Waals surface area contributed by atoms with Gasteiger partial charge >= 0.3 is 6.03 Å². The van der Waals surface area contributed by atoms with Gasteiger partial charge in [-0.05, 0) is 44.4 Å². The van der Waals surface area contributed by atoms with E-state index in [1.165, 1.54) is 18.2 Å². The van der Waals surface area contributed by atoms with Crippen LogP contribution in [0.2, 0.25) is 0 Å². The number of amides is 3. The Morgan fingerprint density at radius 3 is 2.69 bits per heavy atom. The number of fused-ring (bicyclic) bond motifs is 1. The highest BCUT2D eigenvalue weighted by Crippen LogP contribution is 2.26. The summed E-state index contributed by atoms with van der Waals surface area (Å²) in [6.07, 6.45) is 5.49. The third-order valence-corrected chi connectivity index (χ3v) is 5.76. The van der Waals surface area contributed by atoms with E-state index in [0.717, 1.165) is 47.2 Å². The van der Waals surface area contributed by atoms with Crippen LogP contribution in [0.5, 0.6) is 0 Å². The third-order valence-electron chi connectivity index (χ3n) is 4.74. The van der Waals surface area contributed by atoms with Gasteiger partial charge in [-0.15, -0.1) is 0 Å². The molecule has 1 atom stereocenters. The zero-order chi connectivity index (χ0) is 18.5. The molecule has 0 radical (unpaired) electrons. The molecule has 1 unspecified atom stereocenters. The number of nitrogens with one attached hydrogen (secondary N) is 2. The summed E-state index contributed by atoms with van der Waals surface area (Å²) < 4.78 is 0. The Hall–Kier alpha value is -2.08. The fraction of sp³-hybridized carbons (Fsp3) is 0.450. The van der Waals surface area contributed by atoms with Crippen LogP contribution in [0.3, 0.4) is 0 Å². The van der Waals surface area contributed by atoms with Crippen molar-refractivity contribution in [2.24, 2.45) is 0 Å². The molecule has 1 aliphatic rings. The fourth-order valence-corrected chi connectivity index (χ4v) is 4.22. The summed E-state index contributed by atoms with van der Waals surface area (Å²) in [5, 5.41) is 6.87. The number of pyridine rings is 1. The first-order valence-electron chi connectivity index (χ1n) is 9.17. The Kier molecular flexibility index (Phi) is 6.14. The average Bonchev–Trinajstić information content (AvgIpc) is 2.62.